The van der Waals surface area contributed by atoms with E-state index in [4.69, 9.17) is 0 Å². The highest BCUT2D eigenvalue weighted by atomic mass is 32.2. The van der Waals surface area contributed by atoms with E-state index in [1.54, 1.807) is 12.1 Å². The van der Waals surface area contributed by atoms with E-state index in [1.807, 2.05) is 6.92 Å². The van der Waals surface area contributed by atoms with Crippen LogP contribution in [-0.2, 0) is 20.0 Å². The molecule has 2 rings (SSSR count). The predicted molar refractivity (Wildman–Crippen MR) is 108 cm³/mol. The molecule has 0 bridgehead atoms. The third-order valence-electron chi connectivity index (χ3n) is 4.07. The minimum Gasteiger partial charge on any atom is -0.280 e. The van der Waals surface area contributed by atoms with Crippen molar-refractivity contribution >= 4 is 25.7 Å². The molecule has 0 aliphatic rings. The third kappa shape index (κ3) is 6.34. The Hall–Kier alpha value is -1.90. The second-order valence-electron chi connectivity index (χ2n) is 6.40. The third-order valence-corrected chi connectivity index (χ3v) is 6.94. The summed E-state index contributed by atoms with van der Waals surface area (Å²) in [5.74, 6) is 0. The van der Waals surface area contributed by atoms with Gasteiger partial charge in [0.2, 0.25) is 10.0 Å². The lowest BCUT2D eigenvalue weighted by molar-refractivity contribution is 0.573. The van der Waals surface area contributed by atoms with Gasteiger partial charge in [0.1, 0.15) is 0 Å². The van der Waals surface area contributed by atoms with Crippen LogP contribution in [0, 0.1) is 6.92 Å². The standard InChI is InChI=1S/C19H26N2O4S2/c1-3-4-5-6-15-20-26(22,23)18-13-9-17(10-14-18)21-27(24,25)19-11-7-16(2)8-12-19/h7-14,20-21H,3-6,15H2,1-2H3. The first-order valence-electron chi connectivity index (χ1n) is 8.94. The molecule has 27 heavy (non-hydrogen) atoms. The SMILES string of the molecule is CCCCCCNS(=O)(=O)c1ccc(NS(=O)(=O)c2ccc(C)cc2)cc1. The Balaban J connectivity index is 2.03. The fraction of sp³-hybridized carbons (Fsp3) is 0.368. The van der Waals surface area contributed by atoms with Gasteiger partial charge in [-0.05, 0) is 49.7 Å². The summed E-state index contributed by atoms with van der Waals surface area (Å²) < 4.78 is 54.3. The molecule has 148 valence electrons. The minimum atomic E-state index is -3.72. The number of unbranched alkanes of at least 4 members (excludes halogenated alkanes) is 3. The Morgan fingerprint density at radius 3 is 1.89 bits per heavy atom. The second kappa shape index (κ2) is 9.34. The fourth-order valence-corrected chi connectivity index (χ4v) is 4.61. The molecule has 0 saturated heterocycles. The molecule has 0 spiro atoms. The van der Waals surface area contributed by atoms with Crippen molar-refractivity contribution < 1.29 is 16.8 Å². The normalized spacial score (nSPS) is 12.1. The monoisotopic (exact) mass is 410 g/mol. The van der Waals surface area contributed by atoms with Crippen molar-refractivity contribution in [2.75, 3.05) is 11.3 Å². The van der Waals surface area contributed by atoms with Gasteiger partial charge in [0, 0.05) is 12.2 Å². The molecule has 0 unspecified atom stereocenters. The molecule has 2 aromatic rings. The second-order valence-corrected chi connectivity index (χ2v) is 9.85. The average molecular weight is 411 g/mol. The van der Waals surface area contributed by atoms with Crippen LogP contribution in [0.25, 0.3) is 0 Å². The van der Waals surface area contributed by atoms with Crippen molar-refractivity contribution in [1.82, 2.24) is 4.72 Å². The molecular weight excluding hydrogens is 384 g/mol. The number of benzene rings is 2. The van der Waals surface area contributed by atoms with E-state index >= 15 is 0 Å². The van der Waals surface area contributed by atoms with Gasteiger partial charge < -0.3 is 0 Å². The molecule has 0 heterocycles. The van der Waals surface area contributed by atoms with E-state index in [-0.39, 0.29) is 9.79 Å². The summed E-state index contributed by atoms with van der Waals surface area (Å²) in [6, 6.07) is 12.2. The molecule has 2 N–H and O–H groups in total. The van der Waals surface area contributed by atoms with Crippen LogP contribution < -0.4 is 9.44 Å². The minimum absolute atomic E-state index is 0.108. The van der Waals surface area contributed by atoms with Crippen LogP contribution in [0.15, 0.2) is 58.3 Å². The summed E-state index contributed by atoms with van der Waals surface area (Å²) in [4.78, 5) is 0.259. The lowest BCUT2D eigenvalue weighted by Gasteiger charge is -2.10. The Bertz CT molecular complexity index is 936. The average Bonchev–Trinajstić information content (AvgIpc) is 2.62. The van der Waals surface area contributed by atoms with E-state index < -0.39 is 20.0 Å². The number of hydrogen-bond acceptors (Lipinski definition) is 4. The molecule has 0 atom stereocenters. The number of hydrogen-bond donors (Lipinski definition) is 2. The van der Waals surface area contributed by atoms with Crippen LogP contribution in [0.2, 0.25) is 0 Å². The van der Waals surface area contributed by atoms with Crippen molar-refractivity contribution in [2.45, 2.75) is 49.3 Å². The maximum absolute atomic E-state index is 12.4. The summed E-state index contributed by atoms with van der Waals surface area (Å²) in [5, 5.41) is 0. The molecule has 0 radical (unpaired) electrons. The molecule has 0 amide bonds. The van der Waals surface area contributed by atoms with Crippen molar-refractivity contribution in [3.05, 3.63) is 54.1 Å². The fourth-order valence-electron chi connectivity index (χ4n) is 2.48. The summed E-state index contributed by atoms with van der Waals surface area (Å²) in [6.07, 6.45) is 3.95. The van der Waals surface area contributed by atoms with E-state index in [0.717, 1.165) is 31.2 Å². The Morgan fingerprint density at radius 2 is 1.30 bits per heavy atom. The first-order valence-corrected chi connectivity index (χ1v) is 11.9. The van der Waals surface area contributed by atoms with Gasteiger partial charge in [-0.1, -0.05) is 43.9 Å². The summed E-state index contributed by atoms with van der Waals surface area (Å²) in [5.41, 5.74) is 1.27. The van der Waals surface area contributed by atoms with Gasteiger partial charge in [0.15, 0.2) is 0 Å². The first-order chi connectivity index (χ1) is 12.7. The summed E-state index contributed by atoms with van der Waals surface area (Å²) >= 11 is 0. The zero-order valence-electron chi connectivity index (χ0n) is 15.6. The van der Waals surface area contributed by atoms with Crippen molar-refractivity contribution in [3.8, 4) is 0 Å². The highest BCUT2D eigenvalue weighted by Gasteiger charge is 2.16. The van der Waals surface area contributed by atoms with Gasteiger partial charge in [-0.3, -0.25) is 4.72 Å². The molecule has 0 aromatic heterocycles. The maximum Gasteiger partial charge on any atom is 0.261 e. The zero-order valence-corrected chi connectivity index (χ0v) is 17.2. The largest absolute Gasteiger partial charge is 0.280 e. The molecule has 6 nitrogen and oxygen atoms in total. The number of anilines is 1. The first kappa shape index (κ1) is 21.4. The lowest BCUT2D eigenvalue weighted by atomic mass is 10.2. The van der Waals surface area contributed by atoms with Gasteiger partial charge in [0.05, 0.1) is 9.79 Å². The quantitative estimate of drug-likeness (QED) is 0.585. The maximum atomic E-state index is 12.4. The summed E-state index contributed by atoms with van der Waals surface area (Å²) in [6.45, 7) is 4.36. The van der Waals surface area contributed by atoms with E-state index in [9.17, 15) is 16.8 Å². The van der Waals surface area contributed by atoms with E-state index in [2.05, 4.69) is 16.4 Å². The smallest absolute Gasteiger partial charge is 0.261 e. The Kier molecular flexibility index (Phi) is 7.41. The van der Waals surface area contributed by atoms with Crippen LogP contribution >= 0.6 is 0 Å². The van der Waals surface area contributed by atoms with Crippen LogP contribution in [0.3, 0.4) is 0 Å². The van der Waals surface area contributed by atoms with Crippen LogP contribution in [0.5, 0.6) is 0 Å². The number of rotatable bonds is 10. The van der Waals surface area contributed by atoms with Gasteiger partial charge in [-0.2, -0.15) is 0 Å². The van der Waals surface area contributed by atoms with E-state index in [0.29, 0.717) is 12.2 Å². The lowest BCUT2D eigenvalue weighted by Crippen LogP contribution is -2.24. The topological polar surface area (TPSA) is 92.3 Å². The zero-order chi connectivity index (χ0) is 19.9. The van der Waals surface area contributed by atoms with Crippen LogP contribution in [0.1, 0.15) is 38.2 Å². The molecule has 0 fully saturated rings. The van der Waals surface area contributed by atoms with Crippen molar-refractivity contribution in [2.24, 2.45) is 0 Å². The number of nitrogens with one attached hydrogen (secondary N) is 2. The van der Waals surface area contributed by atoms with Crippen LogP contribution in [-0.4, -0.2) is 23.4 Å². The van der Waals surface area contributed by atoms with Crippen LogP contribution in [0.4, 0.5) is 5.69 Å². The van der Waals surface area contributed by atoms with Gasteiger partial charge in [-0.25, -0.2) is 21.6 Å². The van der Waals surface area contributed by atoms with Gasteiger partial charge in [0.25, 0.3) is 10.0 Å². The highest BCUT2D eigenvalue weighted by Crippen LogP contribution is 2.19. The van der Waals surface area contributed by atoms with E-state index in [1.165, 1.54) is 36.4 Å². The number of sulfonamides is 2. The number of aryl methyl sites for hydroxylation is 1. The molecule has 2 aromatic carbocycles. The summed E-state index contributed by atoms with van der Waals surface area (Å²) in [7, 11) is -7.31. The molecule has 8 heteroatoms. The molecule has 0 aliphatic carbocycles. The van der Waals surface area contributed by atoms with Crippen molar-refractivity contribution in [1.29, 1.82) is 0 Å². The highest BCUT2D eigenvalue weighted by molar-refractivity contribution is 7.92. The Labute approximate surface area is 162 Å². The Morgan fingerprint density at radius 1 is 0.741 bits per heavy atom. The van der Waals surface area contributed by atoms with Gasteiger partial charge in [-0.15, -0.1) is 0 Å². The van der Waals surface area contributed by atoms with Gasteiger partial charge >= 0.3 is 0 Å². The predicted octanol–water partition coefficient (Wildman–Crippen LogP) is 3.65. The molecule has 0 saturated carbocycles. The molecular formula is C19H26N2O4S2. The van der Waals surface area contributed by atoms with Crippen molar-refractivity contribution in [3.63, 3.8) is 0 Å². The molecule has 0 aliphatic heterocycles.